The summed E-state index contributed by atoms with van der Waals surface area (Å²) < 4.78 is 5.20. The molecule has 1 atom stereocenters. The molecule has 5 nitrogen and oxygen atoms in total. The van der Waals surface area contributed by atoms with E-state index in [4.69, 9.17) is 4.74 Å². The van der Waals surface area contributed by atoms with Crippen molar-refractivity contribution in [3.8, 4) is 5.75 Å². The van der Waals surface area contributed by atoms with Crippen molar-refractivity contribution >= 4 is 34.7 Å². The number of ketones is 1. The molecule has 0 N–H and O–H groups in total. The number of Topliss-reactive ketones (excluding diaryl/α,β-unsaturated/α-hetero) is 1. The first kappa shape index (κ1) is 20.4. The van der Waals surface area contributed by atoms with Crippen LogP contribution in [0, 0.1) is 0 Å². The number of ether oxygens (including phenoxy) is 1. The van der Waals surface area contributed by atoms with E-state index in [1.54, 1.807) is 18.1 Å². The van der Waals surface area contributed by atoms with Crippen molar-refractivity contribution in [3.63, 3.8) is 0 Å². The fraction of sp³-hybridized carbons (Fsp3) is 0.292. The standard InChI is InChI=1S/C24H24N2O3S/c1-29-19-13-11-17(12-14-19)15-20-23(28)26(16-18-7-3-2-4-8-18)24(25-20)30-22-10-6-5-9-21(22)27/h2-4,7-8,11-15,22H,5-6,9-10,16H2,1H3/b20-15-/t22-/m1/s1. The summed E-state index contributed by atoms with van der Waals surface area (Å²) in [4.78, 5) is 31.9. The van der Waals surface area contributed by atoms with E-state index in [-0.39, 0.29) is 16.9 Å². The minimum Gasteiger partial charge on any atom is -0.497 e. The van der Waals surface area contributed by atoms with Crippen molar-refractivity contribution in [2.45, 2.75) is 37.5 Å². The summed E-state index contributed by atoms with van der Waals surface area (Å²) in [6.07, 6.45) is 5.24. The number of nitrogens with zero attached hydrogens (tertiary/aromatic N) is 2. The van der Waals surface area contributed by atoms with Gasteiger partial charge in [0.2, 0.25) is 0 Å². The van der Waals surface area contributed by atoms with Crippen LogP contribution >= 0.6 is 11.8 Å². The summed E-state index contributed by atoms with van der Waals surface area (Å²) in [5.41, 5.74) is 2.30. The molecule has 2 aromatic carbocycles. The van der Waals surface area contributed by atoms with Crippen LogP contribution in [0.15, 0.2) is 65.3 Å². The average Bonchev–Trinajstić information content (AvgIpc) is 3.05. The van der Waals surface area contributed by atoms with E-state index in [0.717, 1.165) is 36.1 Å². The number of hydrogen-bond donors (Lipinski definition) is 0. The van der Waals surface area contributed by atoms with Gasteiger partial charge in [-0.15, -0.1) is 0 Å². The zero-order valence-corrected chi connectivity index (χ0v) is 17.7. The van der Waals surface area contributed by atoms with E-state index in [1.165, 1.54) is 11.8 Å². The summed E-state index contributed by atoms with van der Waals surface area (Å²) in [6.45, 7) is 0.437. The van der Waals surface area contributed by atoms with Crippen molar-refractivity contribution in [1.82, 2.24) is 4.90 Å². The molecule has 1 aliphatic carbocycles. The van der Waals surface area contributed by atoms with Gasteiger partial charge < -0.3 is 4.74 Å². The Kier molecular flexibility index (Phi) is 6.33. The molecule has 30 heavy (non-hydrogen) atoms. The molecular formula is C24H24N2O3S. The van der Waals surface area contributed by atoms with E-state index >= 15 is 0 Å². The topological polar surface area (TPSA) is 59.0 Å². The van der Waals surface area contributed by atoms with Gasteiger partial charge in [0, 0.05) is 6.42 Å². The second-order valence-corrected chi connectivity index (χ2v) is 8.56. The third-order valence-electron chi connectivity index (χ3n) is 5.26. The Morgan fingerprint density at radius 1 is 1.10 bits per heavy atom. The number of amidine groups is 1. The largest absolute Gasteiger partial charge is 0.497 e. The molecule has 4 rings (SSSR count). The molecule has 0 bridgehead atoms. The summed E-state index contributed by atoms with van der Waals surface area (Å²) >= 11 is 1.43. The lowest BCUT2D eigenvalue weighted by Crippen LogP contribution is -2.33. The summed E-state index contributed by atoms with van der Waals surface area (Å²) in [7, 11) is 1.62. The van der Waals surface area contributed by atoms with Gasteiger partial charge in [0.1, 0.15) is 17.2 Å². The molecule has 0 spiro atoms. The van der Waals surface area contributed by atoms with E-state index in [1.807, 2.05) is 54.6 Å². The normalized spacial score (nSPS) is 20.6. The van der Waals surface area contributed by atoms with Gasteiger partial charge in [-0.25, -0.2) is 4.99 Å². The molecular weight excluding hydrogens is 396 g/mol. The number of methoxy groups -OCH3 is 1. The van der Waals surface area contributed by atoms with Gasteiger partial charge in [-0.3, -0.25) is 14.5 Å². The number of carbonyl (C=O) groups excluding carboxylic acids is 2. The Morgan fingerprint density at radius 3 is 2.57 bits per heavy atom. The summed E-state index contributed by atoms with van der Waals surface area (Å²) in [5.74, 6) is 0.880. The van der Waals surface area contributed by atoms with E-state index < -0.39 is 0 Å². The van der Waals surface area contributed by atoms with E-state index in [0.29, 0.717) is 23.8 Å². The fourth-order valence-electron chi connectivity index (χ4n) is 3.59. The lowest BCUT2D eigenvalue weighted by Gasteiger charge is -2.23. The molecule has 0 radical (unpaired) electrons. The van der Waals surface area contributed by atoms with Crippen LogP contribution in [-0.4, -0.2) is 34.1 Å². The Morgan fingerprint density at radius 2 is 1.87 bits per heavy atom. The molecule has 154 valence electrons. The van der Waals surface area contributed by atoms with Crippen LogP contribution in [0.4, 0.5) is 0 Å². The minimum absolute atomic E-state index is 0.121. The smallest absolute Gasteiger partial charge is 0.278 e. The van der Waals surface area contributed by atoms with Crippen LogP contribution < -0.4 is 4.74 Å². The molecule has 0 aromatic heterocycles. The van der Waals surface area contributed by atoms with Crippen molar-refractivity contribution in [1.29, 1.82) is 0 Å². The maximum absolute atomic E-state index is 13.2. The lowest BCUT2D eigenvalue weighted by atomic mass is 9.99. The highest BCUT2D eigenvalue weighted by Crippen LogP contribution is 2.33. The van der Waals surface area contributed by atoms with Crippen molar-refractivity contribution in [2.24, 2.45) is 4.99 Å². The Labute approximate surface area is 180 Å². The van der Waals surface area contributed by atoms with Crippen molar-refractivity contribution in [3.05, 3.63) is 71.4 Å². The molecule has 0 unspecified atom stereocenters. The van der Waals surface area contributed by atoms with Crippen LogP contribution in [0.3, 0.4) is 0 Å². The Hall–Kier alpha value is -2.86. The van der Waals surface area contributed by atoms with Gasteiger partial charge in [-0.1, -0.05) is 60.6 Å². The quantitative estimate of drug-likeness (QED) is 0.659. The Bertz CT molecular complexity index is 983. The molecule has 1 aliphatic heterocycles. The number of benzene rings is 2. The third kappa shape index (κ3) is 4.65. The molecule has 1 saturated carbocycles. The molecule has 2 aromatic rings. The predicted molar refractivity (Wildman–Crippen MR) is 120 cm³/mol. The first-order valence-corrected chi connectivity index (χ1v) is 11.0. The number of aliphatic imine (C=N–C) groups is 1. The molecule has 1 fully saturated rings. The zero-order valence-electron chi connectivity index (χ0n) is 16.9. The van der Waals surface area contributed by atoms with Gasteiger partial charge in [0.15, 0.2) is 5.17 Å². The lowest BCUT2D eigenvalue weighted by molar-refractivity contribution is -0.123. The molecule has 6 heteroatoms. The highest BCUT2D eigenvalue weighted by Gasteiger charge is 2.34. The van der Waals surface area contributed by atoms with Gasteiger partial charge in [-0.2, -0.15) is 0 Å². The molecule has 0 saturated heterocycles. The molecule has 1 heterocycles. The van der Waals surface area contributed by atoms with Crippen LogP contribution in [0.2, 0.25) is 0 Å². The highest BCUT2D eigenvalue weighted by atomic mass is 32.2. The summed E-state index contributed by atoms with van der Waals surface area (Å²) in [5, 5.41) is 0.493. The Balaban J connectivity index is 1.61. The van der Waals surface area contributed by atoms with Gasteiger partial charge in [0.05, 0.1) is 18.9 Å². The number of rotatable bonds is 5. The molecule has 1 amide bonds. The number of thioether (sulfide) groups is 1. The number of hydrogen-bond acceptors (Lipinski definition) is 5. The van der Waals surface area contributed by atoms with Crippen molar-refractivity contribution in [2.75, 3.05) is 7.11 Å². The number of carbonyl (C=O) groups is 2. The predicted octanol–water partition coefficient (Wildman–Crippen LogP) is 4.68. The molecule has 2 aliphatic rings. The summed E-state index contributed by atoms with van der Waals surface area (Å²) in [6, 6.07) is 17.4. The van der Waals surface area contributed by atoms with Gasteiger partial charge >= 0.3 is 0 Å². The zero-order chi connectivity index (χ0) is 20.9. The second-order valence-electron chi connectivity index (χ2n) is 7.39. The minimum atomic E-state index is -0.138. The highest BCUT2D eigenvalue weighted by molar-refractivity contribution is 8.15. The third-order valence-corrected chi connectivity index (χ3v) is 6.57. The van der Waals surface area contributed by atoms with Crippen LogP contribution in [-0.2, 0) is 16.1 Å². The van der Waals surface area contributed by atoms with Crippen LogP contribution in [0.5, 0.6) is 5.75 Å². The first-order valence-electron chi connectivity index (χ1n) is 10.1. The SMILES string of the molecule is COc1ccc(/C=C2\N=C(S[C@@H]3CCCCC3=O)N(Cc3ccccc3)C2=O)cc1. The van der Waals surface area contributed by atoms with Gasteiger partial charge in [-0.05, 0) is 42.2 Å². The van der Waals surface area contributed by atoms with E-state index in [9.17, 15) is 9.59 Å². The van der Waals surface area contributed by atoms with Gasteiger partial charge in [0.25, 0.3) is 5.91 Å². The van der Waals surface area contributed by atoms with Crippen molar-refractivity contribution < 1.29 is 14.3 Å². The second kappa shape index (κ2) is 9.30. The number of amides is 1. The van der Waals surface area contributed by atoms with E-state index in [2.05, 4.69) is 4.99 Å². The first-order chi connectivity index (χ1) is 14.6. The maximum Gasteiger partial charge on any atom is 0.278 e. The average molecular weight is 421 g/mol. The maximum atomic E-state index is 13.2. The fourth-order valence-corrected chi connectivity index (χ4v) is 4.80. The van der Waals surface area contributed by atoms with Crippen LogP contribution in [0.1, 0.15) is 36.8 Å². The monoisotopic (exact) mass is 420 g/mol. The van der Waals surface area contributed by atoms with Crippen LogP contribution in [0.25, 0.3) is 6.08 Å².